The van der Waals surface area contributed by atoms with Gasteiger partial charge in [-0.15, -0.1) is 0 Å². The largest absolute Gasteiger partial charge is 0.353 e. The third kappa shape index (κ3) is 3.66. The van der Waals surface area contributed by atoms with Crippen LogP contribution in [-0.2, 0) is 6.42 Å². The Morgan fingerprint density at radius 2 is 2.00 bits per heavy atom. The molecule has 2 bridgehead atoms. The maximum Gasteiger partial charge on any atom is 0.353 e. The lowest BCUT2D eigenvalue weighted by molar-refractivity contribution is -0.383. The van der Waals surface area contributed by atoms with Crippen molar-refractivity contribution in [2.75, 3.05) is 16.8 Å². The number of aryl methyl sites for hydroxylation is 1. The van der Waals surface area contributed by atoms with Crippen LogP contribution in [0.15, 0.2) is 30.6 Å². The number of nitro groups is 1. The van der Waals surface area contributed by atoms with E-state index in [0.717, 1.165) is 43.5 Å². The molecule has 2 aliphatic rings. The van der Waals surface area contributed by atoms with E-state index in [1.54, 1.807) is 0 Å². The van der Waals surface area contributed by atoms with Crippen LogP contribution in [0.3, 0.4) is 0 Å². The summed E-state index contributed by atoms with van der Waals surface area (Å²) in [5.74, 6) is 0.694. The van der Waals surface area contributed by atoms with Gasteiger partial charge in [0.05, 0.1) is 4.92 Å². The summed E-state index contributed by atoms with van der Waals surface area (Å²) in [7, 11) is 0. The van der Waals surface area contributed by atoms with Crippen LogP contribution < -0.4 is 10.2 Å². The number of aromatic nitrogens is 2. The number of benzene rings is 1. The number of rotatable bonds is 5. The molecule has 1 N–H and O–H groups in total. The van der Waals surface area contributed by atoms with E-state index >= 15 is 0 Å². The summed E-state index contributed by atoms with van der Waals surface area (Å²) < 4.78 is 0. The van der Waals surface area contributed by atoms with Gasteiger partial charge in [-0.1, -0.05) is 45.9 Å². The van der Waals surface area contributed by atoms with Gasteiger partial charge >= 0.3 is 5.69 Å². The van der Waals surface area contributed by atoms with Crippen molar-refractivity contribution in [1.29, 1.82) is 0 Å². The molecule has 7 nitrogen and oxygen atoms in total. The maximum atomic E-state index is 12.1. The number of nitrogens with zero attached hydrogens (tertiary/aromatic N) is 4. The van der Waals surface area contributed by atoms with Crippen LogP contribution in [-0.4, -0.2) is 27.5 Å². The van der Waals surface area contributed by atoms with Crippen LogP contribution >= 0.6 is 0 Å². The second kappa shape index (κ2) is 6.97. The average Bonchev–Trinajstić information content (AvgIpc) is 2.90. The van der Waals surface area contributed by atoms with Gasteiger partial charge in [0.1, 0.15) is 6.33 Å². The zero-order valence-corrected chi connectivity index (χ0v) is 17.6. The van der Waals surface area contributed by atoms with E-state index in [2.05, 4.69) is 47.9 Å². The molecule has 4 rings (SSSR count). The molecule has 2 unspecified atom stereocenters. The van der Waals surface area contributed by atoms with Crippen LogP contribution in [0.4, 0.5) is 23.0 Å². The zero-order chi connectivity index (χ0) is 20.8. The van der Waals surface area contributed by atoms with Gasteiger partial charge in [0.15, 0.2) is 0 Å². The molecule has 7 heteroatoms. The number of nitrogens with one attached hydrogen (secondary N) is 1. The summed E-state index contributed by atoms with van der Waals surface area (Å²) in [5, 5.41) is 15.3. The standard InChI is InChI=1S/C22H29N5O2/c1-5-15-8-6-7-9-17(15)25-19-18(27(28)29)20(24-14-23-19)26-13-22(4)11-16(26)10-21(2,3)12-22/h6-9,14,16H,5,10-13H2,1-4H3,(H,23,24,25). The van der Waals surface area contributed by atoms with E-state index in [4.69, 9.17) is 0 Å². The van der Waals surface area contributed by atoms with E-state index in [9.17, 15) is 10.1 Å². The van der Waals surface area contributed by atoms with Crippen molar-refractivity contribution in [2.24, 2.45) is 10.8 Å². The quantitative estimate of drug-likeness (QED) is 0.560. The predicted octanol–water partition coefficient (Wildman–Crippen LogP) is 5.10. The summed E-state index contributed by atoms with van der Waals surface area (Å²) in [4.78, 5) is 22.6. The highest BCUT2D eigenvalue weighted by atomic mass is 16.6. The summed E-state index contributed by atoms with van der Waals surface area (Å²) in [6.07, 6.45) is 5.47. The molecular weight excluding hydrogens is 366 g/mol. The van der Waals surface area contributed by atoms with Crippen LogP contribution in [0.1, 0.15) is 52.5 Å². The van der Waals surface area contributed by atoms with Gasteiger partial charge < -0.3 is 10.2 Å². The number of anilines is 3. The van der Waals surface area contributed by atoms with Gasteiger partial charge in [0, 0.05) is 18.3 Å². The van der Waals surface area contributed by atoms with Crippen LogP contribution in [0.5, 0.6) is 0 Å². The van der Waals surface area contributed by atoms with Gasteiger partial charge in [-0.3, -0.25) is 10.1 Å². The highest BCUT2D eigenvalue weighted by Gasteiger charge is 2.51. The molecule has 1 aliphatic heterocycles. The molecule has 1 saturated carbocycles. The molecule has 1 saturated heterocycles. The Kier molecular flexibility index (Phi) is 4.71. The van der Waals surface area contributed by atoms with Gasteiger partial charge in [0.2, 0.25) is 11.6 Å². The van der Waals surface area contributed by atoms with Gasteiger partial charge in [0.25, 0.3) is 0 Å². The second-order valence-corrected chi connectivity index (χ2v) is 9.63. The first-order valence-corrected chi connectivity index (χ1v) is 10.3. The topological polar surface area (TPSA) is 84.2 Å². The first-order valence-electron chi connectivity index (χ1n) is 10.3. The summed E-state index contributed by atoms with van der Waals surface area (Å²) >= 11 is 0. The molecule has 2 atom stereocenters. The lowest BCUT2D eigenvalue weighted by Crippen LogP contribution is -2.35. The molecule has 1 aliphatic carbocycles. The SMILES string of the molecule is CCc1ccccc1Nc1ncnc(N2CC3(C)CC2CC(C)(C)C3)c1[N+](=O)[O-]. The predicted molar refractivity (Wildman–Crippen MR) is 115 cm³/mol. The Labute approximate surface area is 171 Å². The van der Waals surface area contributed by atoms with E-state index in [-0.39, 0.29) is 33.3 Å². The Hall–Kier alpha value is -2.70. The third-order valence-electron chi connectivity index (χ3n) is 6.32. The normalized spacial score (nSPS) is 25.1. The van der Waals surface area contributed by atoms with Crippen molar-refractivity contribution in [3.05, 3.63) is 46.3 Å². The number of hydrogen-bond donors (Lipinski definition) is 1. The number of hydrogen-bond acceptors (Lipinski definition) is 6. The van der Waals surface area contributed by atoms with Gasteiger partial charge in [-0.25, -0.2) is 9.97 Å². The summed E-state index contributed by atoms with van der Waals surface area (Å²) in [6.45, 7) is 9.75. The van der Waals surface area contributed by atoms with Crippen molar-refractivity contribution in [2.45, 2.75) is 59.4 Å². The fourth-order valence-electron chi connectivity index (χ4n) is 5.62. The molecule has 2 heterocycles. The van der Waals surface area contributed by atoms with Crippen LogP contribution in [0.25, 0.3) is 0 Å². The van der Waals surface area contributed by atoms with Crippen molar-refractivity contribution in [1.82, 2.24) is 9.97 Å². The Balaban J connectivity index is 1.74. The smallest absolute Gasteiger partial charge is 0.347 e. The fraction of sp³-hybridized carbons (Fsp3) is 0.545. The van der Waals surface area contributed by atoms with Gasteiger partial charge in [-0.05, 0) is 48.1 Å². The third-order valence-corrected chi connectivity index (χ3v) is 6.32. The highest BCUT2D eigenvalue weighted by molar-refractivity contribution is 5.76. The van der Waals surface area contributed by atoms with E-state index in [0.29, 0.717) is 5.82 Å². The van der Waals surface area contributed by atoms with E-state index in [1.807, 2.05) is 24.3 Å². The molecule has 0 radical (unpaired) electrons. The maximum absolute atomic E-state index is 12.1. The van der Waals surface area contributed by atoms with E-state index < -0.39 is 0 Å². The monoisotopic (exact) mass is 395 g/mol. The summed E-state index contributed by atoms with van der Waals surface area (Å²) in [6, 6.07) is 8.10. The second-order valence-electron chi connectivity index (χ2n) is 9.63. The Bertz CT molecular complexity index is 945. The first-order chi connectivity index (χ1) is 13.7. The summed E-state index contributed by atoms with van der Waals surface area (Å²) in [5.41, 5.74) is 2.29. The molecule has 154 valence electrons. The molecule has 0 amide bonds. The minimum atomic E-state index is -0.345. The van der Waals surface area contributed by atoms with Crippen molar-refractivity contribution < 1.29 is 4.92 Å². The molecule has 1 aromatic carbocycles. The minimum Gasteiger partial charge on any atom is -0.347 e. The zero-order valence-electron chi connectivity index (χ0n) is 17.6. The molecule has 1 aromatic heterocycles. The Morgan fingerprint density at radius 3 is 2.72 bits per heavy atom. The number of para-hydroxylation sites is 1. The first kappa shape index (κ1) is 19.6. The van der Waals surface area contributed by atoms with Crippen LogP contribution in [0.2, 0.25) is 0 Å². The van der Waals surface area contributed by atoms with Crippen LogP contribution in [0, 0.1) is 20.9 Å². The highest BCUT2D eigenvalue weighted by Crippen LogP contribution is 2.54. The van der Waals surface area contributed by atoms with Crippen molar-refractivity contribution in [3.8, 4) is 0 Å². The van der Waals surface area contributed by atoms with Crippen molar-refractivity contribution >= 4 is 23.0 Å². The van der Waals surface area contributed by atoms with E-state index in [1.165, 1.54) is 6.33 Å². The fourth-order valence-corrected chi connectivity index (χ4v) is 5.62. The molecular formula is C22H29N5O2. The Morgan fingerprint density at radius 1 is 1.24 bits per heavy atom. The molecule has 0 spiro atoms. The molecule has 2 aromatic rings. The lowest BCUT2D eigenvalue weighted by atomic mass is 9.65. The van der Waals surface area contributed by atoms with Gasteiger partial charge in [-0.2, -0.15) is 0 Å². The average molecular weight is 396 g/mol. The lowest BCUT2D eigenvalue weighted by Gasteiger charge is -2.39. The minimum absolute atomic E-state index is 0.0348. The molecule has 2 fully saturated rings. The molecule has 29 heavy (non-hydrogen) atoms. The van der Waals surface area contributed by atoms with Crippen molar-refractivity contribution in [3.63, 3.8) is 0 Å². The number of fused-ring (bicyclic) bond motifs is 2.